The van der Waals surface area contributed by atoms with Crippen LogP contribution in [-0.4, -0.2) is 65.5 Å². The highest BCUT2D eigenvalue weighted by Crippen LogP contribution is 2.17. The van der Waals surface area contributed by atoms with Crippen LogP contribution in [0.2, 0.25) is 0 Å². The van der Waals surface area contributed by atoms with E-state index >= 15 is 0 Å². The first kappa shape index (κ1) is 25.3. The zero-order valence-electron chi connectivity index (χ0n) is 19.0. The van der Waals surface area contributed by atoms with E-state index in [1.54, 1.807) is 4.90 Å². The average molecular weight is 443 g/mol. The normalized spacial score (nSPS) is 12.9. The molecule has 0 saturated heterocycles. The molecule has 5 N–H and O–H groups in total. The number of fused-ring (bicyclic) bond motifs is 1. The molecule has 1 unspecified atom stereocenters. The Morgan fingerprint density at radius 2 is 1.78 bits per heavy atom. The molecule has 0 radical (unpaired) electrons. The van der Waals surface area contributed by atoms with Gasteiger partial charge in [0.15, 0.2) is 0 Å². The van der Waals surface area contributed by atoms with Crippen molar-refractivity contribution in [2.45, 2.75) is 51.8 Å². The average Bonchev–Trinajstić information content (AvgIpc) is 2.76. The van der Waals surface area contributed by atoms with Crippen LogP contribution >= 0.6 is 0 Å². The molecule has 2 aromatic carbocycles. The van der Waals surface area contributed by atoms with E-state index in [1.165, 1.54) is 6.92 Å². The summed E-state index contributed by atoms with van der Waals surface area (Å²) in [4.78, 5) is 38.7. The fraction of sp³-hybridized carbons (Fsp3) is 0.458. The highest BCUT2D eigenvalue weighted by Gasteiger charge is 2.23. The van der Waals surface area contributed by atoms with Gasteiger partial charge in [-0.25, -0.2) is 0 Å². The summed E-state index contributed by atoms with van der Waals surface area (Å²) in [5.41, 5.74) is 6.30. The molecule has 0 fully saturated rings. The number of rotatable bonds is 11. The predicted octanol–water partition coefficient (Wildman–Crippen LogP) is 0.950. The molecule has 0 aliphatic carbocycles. The van der Waals surface area contributed by atoms with Crippen molar-refractivity contribution >= 4 is 28.5 Å². The molecule has 0 aromatic heterocycles. The van der Waals surface area contributed by atoms with Crippen LogP contribution in [0.25, 0.3) is 10.8 Å². The third-order valence-electron chi connectivity index (χ3n) is 5.30. The molecule has 2 atom stereocenters. The van der Waals surface area contributed by atoms with E-state index < -0.39 is 18.1 Å². The monoisotopic (exact) mass is 442 g/mol. The minimum absolute atomic E-state index is 0.00485. The van der Waals surface area contributed by atoms with Crippen LogP contribution in [0.1, 0.15) is 32.8 Å². The van der Waals surface area contributed by atoms with Crippen LogP contribution in [0.15, 0.2) is 42.5 Å². The molecule has 2 aromatic rings. The van der Waals surface area contributed by atoms with Crippen LogP contribution in [0.4, 0.5) is 0 Å². The van der Waals surface area contributed by atoms with Crippen molar-refractivity contribution in [1.82, 2.24) is 15.5 Å². The highest BCUT2D eigenvalue weighted by atomic mass is 16.3. The maximum absolute atomic E-state index is 12.8. The molecule has 0 heterocycles. The van der Waals surface area contributed by atoms with Gasteiger partial charge in [-0.2, -0.15) is 0 Å². The number of carbonyl (C=O) groups excluding carboxylic acids is 3. The van der Waals surface area contributed by atoms with Crippen LogP contribution in [0.5, 0.6) is 0 Å². The maximum Gasteiger partial charge on any atom is 0.243 e. The minimum atomic E-state index is -0.855. The molecule has 0 spiro atoms. The summed E-state index contributed by atoms with van der Waals surface area (Å²) < 4.78 is 0. The van der Waals surface area contributed by atoms with Gasteiger partial charge in [0.2, 0.25) is 17.7 Å². The van der Waals surface area contributed by atoms with Crippen molar-refractivity contribution in [3.05, 3.63) is 48.0 Å². The molecule has 3 amide bonds. The fourth-order valence-electron chi connectivity index (χ4n) is 3.50. The lowest BCUT2D eigenvalue weighted by Gasteiger charge is -2.25. The topological polar surface area (TPSA) is 125 Å². The maximum atomic E-state index is 12.8. The van der Waals surface area contributed by atoms with Crippen LogP contribution < -0.4 is 16.4 Å². The second-order valence-electron chi connectivity index (χ2n) is 8.20. The van der Waals surface area contributed by atoms with Crippen molar-refractivity contribution < 1.29 is 19.5 Å². The second kappa shape index (κ2) is 12.2. The summed E-state index contributed by atoms with van der Waals surface area (Å²) in [6.07, 6.45) is -0.474. The smallest absolute Gasteiger partial charge is 0.243 e. The molecule has 0 aliphatic rings. The number of amides is 3. The third-order valence-corrected chi connectivity index (χ3v) is 5.30. The Bertz CT molecular complexity index is 931. The van der Waals surface area contributed by atoms with Crippen molar-refractivity contribution in [2.24, 2.45) is 5.73 Å². The Kier molecular flexibility index (Phi) is 9.61. The van der Waals surface area contributed by atoms with Gasteiger partial charge >= 0.3 is 0 Å². The summed E-state index contributed by atoms with van der Waals surface area (Å²) in [6, 6.07) is 13.0. The van der Waals surface area contributed by atoms with Gasteiger partial charge < -0.3 is 26.4 Å². The van der Waals surface area contributed by atoms with E-state index in [9.17, 15) is 19.5 Å². The van der Waals surface area contributed by atoms with Crippen molar-refractivity contribution in [1.29, 1.82) is 0 Å². The van der Waals surface area contributed by atoms with E-state index in [1.807, 2.05) is 56.3 Å². The standard InChI is InChI=1S/C24H34N4O4/c1-16(2)28(17(3)29)11-10-23(31)27-22(24(32)26-15-21(30)14-25)13-18-8-9-19-6-4-5-7-20(19)12-18/h4-9,12,16,21-22,30H,10-11,13-15,25H2,1-3H3,(H,26,32)(H,27,31)/t21?,22-/m1/s1. The molecule has 8 heteroatoms. The first-order valence-corrected chi connectivity index (χ1v) is 10.9. The number of hydrogen-bond donors (Lipinski definition) is 4. The lowest BCUT2D eigenvalue weighted by Crippen LogP contribution is -2.50. The Morgan fingerprint density at radius 3 is 2.41 bits per heavy atom. The van der Waals surface area contributed by atoms with Gasteiger partial charge in [0.05, 0.1) is 6.10 Å². The summed E-state index contributed by atoms with van der Waals surface area (Å²) in [6.45, 7) is 5.55. The molecular weight excluding hydrogens is 408 g/mol. The summed E-state index contributed by atoms with van der Waals surface area (Å²) in [5.74, 6) is -0.822. The van der Waals surface area contributed by atoms with Gasteiger partial charge in [0.1, 0.15) is 6.04 Å². The number of hydrogen-bond acceptors (Lipinski definition) is 5. The summed E-state index contributed by atoms with van der Waals surface area (Å²) >= 11 is 0. The summed E-state index contributed by atoms with van der Waals surface area (Å²) in [7, 11) is 0. The molecule has 0 bridgehead atoms. The Labute approximate surface area is 189 Å². The fourth-order valence-corrected chi connectivity index (χ4v) is 3.50. The molecule has 2 rings (SSSR count). The Hall–Kier alpha value is -2.97. The molecule has 0 saturated carbocycles. The minimum Gasteiger partial charge on any atom is -0.390 e. The number of aliphatic hydroxyl groups is 1. The van der Waals surface area contributed by atoms with E-state index in [0.717, 1.165) is 16.3 Å². The lowest BCUT2D eigenvalue weighted by molar-refractivity contribution is -0.132. The van der Waals surface area contributed by atoms with Gasteiger partial charge in [-0.1, -0.05) is 42.5 Å². The summed E-state index contributed by atoms with van der Waals surface area (Å²) in [5, 5.41) is 17.2. The van der Waals surface area contributed by atoms with Gasteiger partial charge in [0.25, 0.3) is 0 Å². The zero-order chi connectivity index (χ0) is 23.7. The zero-order valence-corrected chi connectivity index (χ0v) is 19.0. The molecular formula is C24H34N4O4. The number of nitrogens with one attached hydrogen (secondary N) is 2. The highest BCUT2D eigenvalue weighted by molar-refractivity contribution is 5.88. The van der Waals surface area contributed by atoms with Gasteiger partial charge in [-0.15, -0.1) is 0 Å². The van der Waals surface area contributed by atoms with Crippen LogP contribution in [0, 0.1) is 0 Å². The Morgan fingerprint density at radius 1 is 1.09 bits per heavy atom. The van der Waals surface area contributed by atoms with E-state index in [4.69, 9.17) is 5.73 Å². The number of nitrogens with two attached hydrogens (primary N) is 1. The van der Waals surface area contributed by atoms with Gasteiger partial charge in [0, 0.05) is 45.4 Å². The first-order valence-electron chi connectivity index (χ1n) is 10.9. The number of aliphatic hydroxyl groups excluding tert-OH is 1. The number of nitrogens with zero attached hydrogens (tertiary/aromatic N) is 1. The molecule has 0 aliphatic heterocycles. The van der Waals surface area contributed by atoms with Crippen molar-refractivity contribution in [2.75, 3.05) is 19.6 Å². The quantitative estimate of drug-likeness (QED) is 0.412. The molecule has 32 heavy (non-hydrogen) atoms. The third kappa shape index (κ3) is 7.62. The molecule has 174 valence electrons. The van der Waals surface area contributed by atoms with Gasteiger partial charge in [-0.3, -0.25) is 14.4 Å². The first-order chi connectivity index (χ1) is 15.2. The number of carbonyl (C=O) groups is 3. The number of benzene rings is 2. The van der Waals surface area contributed by atoms with E-state index in [0.29, 0.717) is 6.42 Å². The largest absolute Gasteiger partial charge is 0.390 e. The predicted molar refractivity (Wildman–Crippen MR) is 125 cm³/mol. The Balaban J connectivity index is 2.11. The van der Waals surface area contributed by atoms with E-state index in [-0.39, 0.29) is 43.9 Å². The van der Waals surface area contributed by atoms with Crippen molar-refractivity contribution in [3.63, 3.8) is 0 Å². The van der Waals surface area contributed by atoms with E-state index in [2.05, 4.69) is 10.6 Å². The van der Waals surface area contributed by atoms with Crippen LogP contribution in [0.3, 0.4) is 0 Å². The van der Waals surface area contributed by atoms with Crippen LogP contribution in [-0.2, 0) is 20.8 Å². The van der Waals surface area contributed by atoms with Gasteiger partial charge in [-0.05, 0) is 30.2 Å². The van der Waals surface area contributed by atoms with Crippen molar-refractivity contribution in [3.8, 4) is 0 Å². The second-order valence-corrected chi connectivity index (χ2v) is 8.20. The SMILES string of the molecule is CC(=O)N(CCC(=O)N[C@H](Cc1ccc2ccccc2c1)C(=O)NCC(O)CN)C(C)C. The molecule has 8 nitrogen and oxygen atoms in total. The lowest BCUT2D eigenvalue weighted by atomic mass is 10.0.